The first-order chi connectivity index (χ1) is 7.20. The molecule has 2 amide bonds. The number of carbonyl (C=O) groups is 2. The van der Waals surface area contributed by atoms with Gasteiger partial charge in [0.15, 0.2) is 0 Å². The standard InChI is InChI=1S/C8H16N2O5/c1-9-7(11)14-5-3-13-4-6-15-8(12)10-2/h3-6H2,1-2H3,(H,9,11)(H,10,12). The summed E-state index contributed by atoms with van der Waals surface area (Å²) in [6.45, 7) is 0.869. The Balaban J connectivity index is 3.11. The summed E-state index contributed by atoms with van der Waals surface area (Å²) in [6.07, 6.45) is -1.000. The second kappa shape index (κ2) is 9.07. The van der Waals surface area contributed by atoms with Crippen molar-refractivity contribution in [1.29, 1.82) is 0 Å². The van der Waals surface area contributed by atoms with Crippen LogP contribution in [0.5, 0.6) is 0 Å². The molecule has 15 heavy (non-hydrogen) atoms. The highest BCUT2D eigenvalue weighted by molar-refractivity contribution is 5.66. The van der Waals surface area contributed by atoms with E-state index in [1.807, 2.05) is 0 Å². The maximum absolute atomic E-state index is 10.6. The third-order valence-corrected chi connectivity index (χ3v) is 1.33. The van der Waals surface area contributed by atoms with Gasteiger partial charge in [0.05, 0.1) is 13.2 Å². The van der Waals surface area contributed by atoms with Crippen LogP contribution >= 0.6 is 0 Å². The monoisotopic (exact) mass is 220 g/mol. The quantitative estimate of drug-likeness (QED) is 0.601. The Morgan fingerprint density at radius 3 is 1.60 bits per heavy atom. The van der Waals surface area contributed by atoms with Crippen molar-refractivity contribution in [2.45, 2.75) is 0 Å². The number of amides is 2. The van der Waals surface area contributed by atoms with Crippen LogP contribution in [0.3, 0.4) is 0 Å². The van der Waals surface area contributed by atoms with Gasteiger partial charge in [-0.2, -0.15) is 0 Å². The van der Waals surface area contributed by atoms with Gasteiger partial charge in [0.1, 0.15) is 13.2 Å². The molecule has 0 aliphatic carbocycles. The van der Waals surface area contributed by atoms with Gasteiger partial charge in [0, 0.05) is 14.1 Å². The van der Waals surface area contributed by atoms with Crippen molar-refractivity contribution >= 4 is 12.2 Å². The molecule has 0 aliphatic heterocycles. The van der Waals surface area contributed by atoms with Crippen molar-refractivity contribution in [2.75, 3.05) is 40.5 Å². The maximum atomic E-state index is 10.6. The van der Waals surface area contributed by atoms with Gasteiger partial charge in [-0.3, -0.25) is 0 Å². The van der Waals surface area contributed by atoms with Crippen LogP contribution < -0.4 is 10.6 Å². The van der Waals surface area contributed by atoms with E-state index < -0.39 is 12.2 Å². The number of nitrogens with one attached hydrogen (secondary N) is 2. The molecule has 0 rings (SSSR count). The SMILES string of the molecule is CNC(=O)OCCOCCOC(=O)NC. The molecular formula is C8H16N2O5. The molecule has 0 aromatic heterocycles. The van der Waals surface area contributed by atoms with Gasteiger partial charge in [-0.05, 0) is 0 Å². The molecule has 88 valence electrons. The Bertz CT molecular complexity index is 177. The van der Waals surface area contributed by atoms with E-state index in [-0.39, 0.29) is 26.4 Å². The molecule has 0 aromatic carbocycles. The summed E-state index contributed by atoms with van der Waals surface area (Å²) in [7, 11) is 2.95. The van der Waals surface area contributed by atoms with Crippen LogP contribution in [0.25, 0.3) is 0 Å². The smallest absolute Gasteiger partial charge is 0.406 e. The van der Waals surface area contributed by atoms with Crippen LogP contribution in [-0.2, 0) is 14.2 Å². The minimum Gasteiger partial charge on any atom is -0.447 e. The van der Waals surface area contributed by atoms with E-state index in [1.165, 1.54) is 14.1 Å². The van der Waals surface area contributed by atoms with E-state index >= 15 is 0 Å². The highest BCUT2D eigenvalue weighted by Crippen LogP contribution is 1.82. The van der Waals surface area contributed by atoms with Crippen molar-refractivity contribution in [1.82, 2.24) is 10.6 Å². The first-order valence-electron chi connectivity index (χ1n) is 4.47. The summed E-state index contributed by atoms with van der Waals surface area (Å²) in [6, 6.07) is 0. The van der Waals surface area contributed by atoms with Crippen molar-refractivity contribution < 1.29 is 23.8 Å². The molecule has 0 saturated heterocycles. The fourth-order valence-corrected chi connectivity index (χ4v) is 0.633. The molecule has 0 spiro atoms. The molecule has 0 saturated carbocycles. The minimum absolute atomic E-state index is 0.166. The van der Waals surface area contributed by atoms with E-state index in [1.54, 1.807) is 0 Å². The Kier molecular flexibility index (Phi) is 8.16. The van der Waals surface area contributed by atoms with E-state index in [0.717, 1.165) is 0 Å². The van der Waals surface area contributed by atoms with Crippen LogP contribution in [0.2, 0.25) is 0 Å². The highest BCUT2D eigenvalue weighted by Gasteiger charge is 1.98. The van der Waals surface area contributed by atoms with Crippen molar-refractivity contribution in [3.63, 3.8) is 0 Å². The van der Waals surface area contributed by atoms with Crippen LogP contribution in [0.15, 0.2) is 0 Å². The van der Waals surface area contributed by atoms with E-state index in [4.69, 9.17) is 4.74 Å². The molecule has 0 atom stereocenters. The number of ether oxygens (including phenoxy) is 3. The van der Waals surface area contributed by atoms with Crippen LogP contribution in [0, 0.1) is 0 Å². The fourth-order valence-electron chi connectivity index (χ4n) is 0.633. The third-order valence-electron chi connectivity index (χ3n) is 1.33. The molecule has 0 radical (unpaired) electrons. The largest absolute Gasteiger partial charge is 0.447 e. The summed E-state index contributed by atoms with van der Waals surface area (Å²) >= 11 is 0. The summed E-state index contributed by atoms with van der Waals surface area (Å²) in [5, 5.41) is 4.59. The second-order valence-corrected chi connectivity index (χ2v) is 2.38. The molecule has 0 heterocycles. The average molecular weight is 220 g/mol. The third kappa shape index (κ3) is 8.82. The van der Waals surface area contributed by atoms with Crippen LogP contribution in [0.1, 0.15) is 0 Å². The van der Waals surface area contributed by atoms with Crippen molar-refractivity contribution in [3.8, 4) is 0 Å². The van der Waals surface area contributed by atoms with Gasteiger partial charge in [-0.1, -0.05) is 0 Å². The number of rotatable bonds is 6. The summed E-state index contributed by atoms with van der Waals surface area (Å²) in [4.78, 5) is 21.1. The zero-order chi connectivity index (χ0) is 11.5. The second-order valence-electron chi connectivity index (χ2n) is 2.38. The lowest BCUT2D eigenvalue weighted by Crippen LogP contribution is -2.23. The highest BCUT2D eigenvalue weighted by atomic mass is 16.6. The molecule has 7 heteroatoms. The molecule has 0 fully saturated rings. The number of hydrogen-bond donors (Lipinski definition) is 2. The van der Waals surface area contributed by atoms with Crippen LogP contribution in [-0.4, -0.2) is 52.7 Å². The Morgan fingerprint density at radius 1 is 0.867 bits per heavy atom. The zero-order valence-electron chi connectivity index (χ0n) is 8.87. The van der Waals surface area contributed by atoms with E-state index in [0.29, 0.717) is 0 Å². The Labute approximate surface area is 88.1 Å². The lowest BCUT2D eigenvalue weighted by atomic mass is 10.7. The molecular weight excluding hydrogens is 204 g/mol. The van der Waals surface area contributed by atoms with Gasteiger partial charge >= 0.3 is 12.2 Å². The first kappa shape index (κ1) is 13.5. The van der Waals surface area contributed by atoms with E-state index in [2.05, 4.69) is 20.1 Å². The fraction of sp³-hybridized carbons (Fsp3) is 0.750. The maximum Gasteiger partial charge on any atom is 0.406 e. The molecule has 0 bridgehead atoms. The lowest BCUT2D eigenvalue weighted by Gasteiger charge is -2.06. The normalized spacial score (nSPS) is 9.20. The molecule has 2 N–H and O–H groups in total. The van der Waals surface area contributed by atoms with Crippen molar-refractivity contribution in [3.05, 3.63) is 0 Å². The average Bonchev–Trinajstić information content (AvgIpc) is 2.26. The molecule has 0 unspecified atom stereocenters. The molecule has 0 aliphatic rings. The topological polar surface area (TPSA) is 85.9 Å². The minimum atomic E-state index is -0.500. The van der Waals surface area contributed by atoms with Gasteiger partial charge in [0.2, 0.25) is 0 Å². The van der Waals surface area contributed by atoms with E-state index in [9.17, 15) is 9.59 Å². The predicted molar refractivity (Wildman–Crippen MR) is 51.6 cm³/mol. The summed E-state index contributed by atoms with van der Waals surface area (Å²) in [5.74, 6) is 0. The number of alkyl carbamates (subject to hydrolysis) is 2. The summed E-state index contributed by atoms with van der Waals surface area (Å²) in [5.41, 5.74) is 0. The number of carbonyl (C=O) groups excluding carboxylic acids is 2. The zero-order valence-corrected chi connectivity index (χ0v) is 8.87. The van der Waals surface area contributed by atoms with Crippen LogP contribution in [0.4, 0.5) is 9.59 Å². The van der Waals surface area contributed by atoms with Gasteiger partial charge in [0.25, 0.3) is 0 Å². The summed E-state index contributed by atoms with van der Waals surface area (Å²) < 4.78 is 14.3. The lowest BCUT2D eigenvalue weighted by molar-refractivity contribution is 0.0465. The van der Waals surface area contributed by atoms with Gasteiger partial charge < -0.3 is 24.8 Å². The predicted octanol–water partition coefficient (Wildman–Crippen LogP) is -0.285. The number of hydrogen-bond acceptors (Lipinski definition) is 5. The molecule has 0 aromatic rings. The Hall–Kier alpha value is -1.50. The first-order valence-corrected chi connectivity index (χ1v) is 4.47. The Morgan fingerprint density at radius 2 is 1.27 bits per heavy atom. The molecule has 7 nitrogen and oxygen atoms in total. The van der Waals surface area contributed by atoms with Gasteiger partial charge in [-0.15, -0.1) is 0 Å². The van der Waals surface area contributed by atoms with Crippen molar-refractivity contribution in [2.24, 2.45) is 0 Å². The van der Waals surface area contributed by atoms with Gasteiger partial charge in [-0.25, -0.2) is 9.59 Å².